The quantitative estimate of drug-likeness (QED) is 0.580. The highest BCUT2D eigenvalue weighted by molar-refractivity contribution is 9.10. The van der Waals surface area contributed by atoms with E-state index in [2.05, 4.69) is 36.4 Å². The topological polar surface area (TPSA) is 88.6 Å². The van der Waals surface area contributed by atoms with Crippen molar-refractivity contribution in [2.24, 2.45) is 5.10 Å². The summed E-state index contributed by atoms with van der Waals surface area (Å²) in [6, 6.07) is 5.07. The van der Waals surface area contributed by atoms with E-state index in [-0.39, 0.29) is 17.6 Å². The van der Waals surface area contributed by atoms with Crippen LogP contribution in [0.3, 0.4) is 0 Å². The Morgan fingerprint density at radius 3 is 2.75 bits per heavy atom. The molecule has 0 radical (unpaired) electrons. The van der Waals surface area contributed by atoms with E-state index in [1.54, 1.807) is 26.3 Å². The first-order chi connectivity index (χ1) is 11.4. The molecule has 2 N–H and O–H groups in total. The number of nitrogens with one attached hydrogen (secondary N) is 2. The van der Waals surface area contributed by atoms with Crippen molar-refractivity contribution in [1.29, 1.82) is 0 Å². The molecule has 2 rings (SSSR count). The van der Waals surface area contributed by atoms with Gasteiger partial charge >= 0.3 is 0 Å². The summed E-state index contributed by atoms with van der Waals surface area (Å²) < 4.78 is 11.9. The molecule has 0 atom stereocenters. The van der Waals surface area contributed by atoms with E-state index in [9.17, 15) is 4.79 Å². The minimum atomic E-state index is -0.236. The number of rotatable bonds is 6. The van der Waals surface area contributed by atoms with Crippen LogP contribution < -0.4 is 20.5 Å². The molecule has 0 saturated heterocycles. The van der Waals surface area contributed by atoms with Gasteiger partial charge in [-0.2, -0.15) is 5.10 Å². The van der Waals surface area contributed by atoms with Gasteiger partial charge in [0.2, 0.25) is 5.95 Å². The van der Waals surface area contributed by atoms with Gasteiger partial charge in [0.15, 0.2) is 11.5 Å². The van der Waals surface area contributed by atoms with Gasteiger partial charge in [-0.05, 0) is 54.4 Å². The van der Waals surface area contributed by atoms with Crippen molar-refractivity contribution >= 4 is 28.1 Å². The third kappa shape index (κ3) is 4.82. The number of nitrogens with zero attached hydrogens (tertiary/aromatic N) is 2. The predicted molar refractivity (Wildman–Crippen MR) is 97.3 cm³/mol. The molecular weight excluding hydrogens is 376 g/mol. The Hall–Kier alpha value is -2.35. The summed E-state index contributed by atoms with van der Waals surface area (Å²) in [4.78, 5) is 18.1. The molecule has 0 aliphatic heterocycles. The first-order valence-corrected chi connectivity index (χ1v) is 8.09. The molecule has 1 heterocycles. The highest BCUT2D eigenvalue weighted by Crippen LogP contribution is 2.36. The van der Waals surface area contributed by atoms with Gasteiger partial charge in [-0.15, -0.1) is 0 Å². The highest BCUT2D eigenvalue weighted by Gasteiger charge is 2.12. The number of halogens is 1. The van der Waals surface area contributed by atoms with Crippen LogP contribution in [0.1, 0.15) is 25.1 Å². The monoisotopic (exact) mass is 394 g/mol. The van der Waals surface area contributed by atoms with Crippen LogP contribution >= 0.6 is 15.9 Å². The third-order valence-electron chi connectivity index (χ3n) is 2.86. The number of aromatic amines is 1. The molecule has 2 aromatic rings. The molecule has 0 spiro atoms. The molecule has 0 unspecified atom stereocenters. The molecule has 0 fully saturated rings. The molecule has 8 heteroatoms. The highest BCUT2D eigenvalue weighted by atomic mass is 79.9. The Labute approximate surface area is 148 Å². The number of aromatic nitrogens is 2. The van der Waals surface area contributed by atoms with E-state index in [0.29, 0.717) is 17.2 Å². The predicted octanol–water partition coefficient (Wildman–Crippen LogP) is 3.08. The van der Waals surface area contributed by atoms with Crippen molar-refractivity contribution in [3.8, 4) is 11.5 Å². The number of ether oxygens (including phenoxy) is 2. The molecular formula is C16H19BrN4O3. The van der Waals surface area contributed by atoms with Gasteiger partial charge in [0, 0.05) is 11.8 Å². The van der Waals surface area contributed by atoms with Gasteiger partial charge in [-0.3, -0.25) is 9.78 Å². The Kier molecular flexibility index (Phi) is 5.97. The van der Waals surface area contributed by atoms with Gasteiger partial charge < -0.3 is 9.47 Å². The number of anilines is 1. The van der Waals surface area contributed by atoms with Crippen molar-refractivity contribution in [3.05, 3.63) is 44.3 Å². The number of hydrazone groups is 1. The van der Waals surface area contributed by atoms with Crippen LogP contribution in [0.25, 0.3) is 0 Å². The number of hydrogen-bond acceptors (Lipinski definition) is 6. The third-order valence-corrected chi connectivity index (χ3v) is 3.45. The van der Waals surface area contributed by atoms with Crippen LogP contribution in [0.4, 0.5) is 5.95 Å². The van der Waals surface area contributed by atoms with Crippen molar-refractivity contribution in [3.63, 3.8) is 0 Å². The lowest BCUT2D eigenvalue weighted by atomic mass is 10.2. The molecule has 1 aromatic heterocycles. The zero-order chi connectivity index (χ0) is 17.7. The van der Waals surface area contributed by atoms with Crippen LogP contribution in [-0.4, -0.2) is 29.4 Å². The van der Waals surface area contributed by atoms with Crippen LogP contribution in [0, 0.1) is 6.92 Å². The summed E-state index contributed by atoms with van der Waals surface area (Å²) in [5.74, 6) is 1.52. The normalized spacial score (nSPS) is 11.1. The van der Waals surface area contributed by atoms with E-state index in [0.717, 1.165) is 10.0 Å². The fraction of sp³-hybridized carbons (Fsp3) is 0.312. The van der Waals surface area contributed by atoms with Gasteiger partial charge in [-0.1, -0.05) is 0 Å². The van der Waals surface area contributed by atoms with Crippen molar-refractivity contribution in [2.45, 2.75) is 26.9 Å². The molecule has 0 saturated carbocycles. The van der Waals surface area contributed by atoms with E-state index < -0.39 is 0 Å². The molecule has 0 aliphatic carbocycles. The smallest absolute Gasteiger partial charge is 0.252 e. The first-order valence-electron chi connectivity index (χ1n) is 7.30. The standard InChI is InChI=1S/C16H19BrN4O3/c1-9(2)24-15-12(17)6-11(7-13(15)23-4)8-18-21-16-19-10(3)5-14(22)20-16/h5-9H,1-4H3,(H2,19,20,21,22)/b18-8-. The lowest BCUT2D eigenvalue weighted by Gasteiger charge is -2.15. The van der Waals surface area contributed by atoms with Gasteiger partial charge in [0.1, 0.15) is 0 Å². The zero-order valence-electron chi connectivity index (χ0n) is 13.9. The number of aryl methyl sites for hydroxylation is 1. The van der Waals surface area contributed by atoms with E-state index in [1.165, 1.54) is 6.07 Å². The fourth-order valence-electron chi connectivity index (χ4n) is 1.96. The van der Waals surface area contributed by atoms with E-state index >= 15 is 0 Å². The van der Waals surface area contributed by atoms with Gasteiger partial charge in [-0.25, -0.2) is 10.4 Å². The van der Waals surface area contributed by atoms with Crippen LogP contribution in [0.5, 0.6) is 11.5 Å². The average Bonchev–Trinajstić information content (AvgIpc) is 2.48. The summed E-state index contributed by atoms with van der Waals surface area (Å²) in [6.07, 6.45) is 1.62. The van der Waals surface area contributed by atoms with Crippen molar-refractivity contribution in [1.82, 2.24) is 9.97 Å². The summed E-state index contributed by atoms with van der Waals surface area (Å²) in [5.41, 5.74) is 3.85. The summed E-state index contributed by atoms with van der Waals surface area (Å²) in [6.45, 7) is 5.63. The molecule has 0 amide bonds. The molecule has 1 aromatic carbocycles. The first kappa shape index (κ1) is 18.0. The van der Waals surface area contributed by atoms with Crippen LogP contribution in [-0.2, 0) is 0 Å². The van der Waals surface area contributed by atoms with E-state index in [4.69, 9.17) is 9.47 Å². The second kappa shape index (κ2) is 7.96. The van der Waals surface area contributed by atoms with Crippen molar-refractivity contribution < 1.29 is 9.47 Å². The summed E-state index contributed by atoms with van der Waals surface area (Å²) >= 11 is 3.48. The Bertz CT molecular complexity index is 802. The lowest BCUT2D eigenvalue weighted by Crippen LogP contribution is -2.10. The maximum absolute atomic E-state index is 11.4. The minimum absolute atomic E-state index is 0.0283. The largest absolute Gasteiger partial charge is 0.493 e. The maximum Gasteiger partial charge on any atom is 0.252 e. The second-order valence-electron chi connectivity index (χ2n) is 5.31. The zero-order valence-corrected chi connectivity index (χ0v) is 15.5. The number of H-pyrrole nitrogens is 1. The van der Waals surface area contributed by atoms with Crippen LogP contribution in [0.15, 0.2) is 32.6 Å². The number of benzene rings is 1. The lowest BCUT2D eigenvalue weighted by molar-refractivity contribution is 0.228. The minimum Gasteiger partial charge on any atom is -0.493 e. The molecule has 0 bridgehead atoms. The van der Waals surface area contributed by atoms with Gasteiger partial charge in [0.25, 0.3) is 5.56 Å². The molecule has 128 valence electrons. The second-order valence-corrected chi connectivity index (χ2v) is 6.16. The average molecular weight is 395 g/mol. The van der Waals surface area contributed by atoms with Gasteiger partial charge in [0.05, 0.1) is 23.9 Å². The Morgan fingerprint density at radius 2 is 2.12 bits per heavy atom. The number of hydrogen-bond donors (Lipinski definition) is 2. The number of methoxy groups -OCH3 is 1. The SMILES string of the molecule is COc1cc(/C=N\Nc2nc(C)cc(=O)[nH]2)cc(Br)c1OC(C)C. The molecule has 24 heavy (non-hydrogen) atoms. The van der Waals surface area contributed by atoms with E-state index in [1.807, 2.05) is 19.9 Å². The van der Waals surface area contributed by atoms with Crippen LogP contribution in [0.2, 0.25) is 0 Å². The molecule has 7 nitrogen and oxygen atoms in total. The molecule has 0 aliphatic rings. The Morgan fingerprint density at radius 1 is 1.38 bits per heavy atom. The Balaban J connectivity index is 2.20. The maximum atomic E-state index is 11.4. The fourth-order valence-corrected chi connectivity index (χ4v) is 2.52. The summed E-state index contributed by atoms with van der Waals surface area (Å²) in [5, 5.41) is 4.08. The summed E-state index contributed by atoms with van der Waals surface area (Å²) in [7, 11) is 1.58. The van der Waals surface area contributed by atoms with Crippen molar-refractivity contribution in [2.75, 3.05) is 12.5 Å².